The number of hydrogen-bond acceptors (Lipinski definition) is 3. The molecule has 176 valence electrons. The molecule has 0 aliphatic heterocycles. The number of amides is 3. The molecular weight excluding hydrogens is 430 g/mol. The molecule has 7 nitrogen and oxygen atoms in total. The molecule has 0 aliphatic carbocycles. The van der Waals surface area contributed by atoms with Crippen LogP contribution in [0.15, 0.2) is 72.8 Å². The van der Waals surface area contributed by atoms with Crippen LogP contribution < -0.4 is 16.0 Å². The molecule has 3 aromatic carbocycles. The summed E-state index contributed by atoms with van der Waals surface area (Å²) in [5.41, 5.74) is 4.96. The zero-order chi connectivity index (χ0) is 24.3. The van der Waals surface area contributed by atoms with Gasteiger partial charge in [-0.05, 0) is 53.3 Å². The monoisotopic (exact) mass is 459 g/mol. The second-order valence-corrected chi connectivity index (χ2v) is 7.86. The fraction of sp³-hybridized carbons (Fsp3) is 0.222. The maximum atomic E-state index is 12.7. The van der Waals surface area contributed by atoms with Gasteiger partial charge in [-0.1, -0.05) is 61.5 Å². The van der Waals surface area contributed by atoms with E-state index in [9.17, 15) is 14.4 Å². The third-order valence-corrected chi connectivity index (χ3v) is 5.45. The van der Waals surface area contributed by atoms with Crippen LogP contribution in [0.2, 0.25) is 0 Å². The molecule has 0 aliphatic rings. The maximum absolute atomic E-state index is 12.7. The van der Waals surface area contributed by atoms with Crippen molar-refractivity contribution in [1.82, 2.24) is 10.6 Å². The highest BCUT2D eigenvalue weighted by Gasteiger charge is 2.12. The fourth-order valence-corrected chi connectivity index (χ4v) is 3.75. The maximum Gasteiger partial charge on any atom is 0.319 e. The molecule has 0 bridgehead atoms. The van der Waals surface area contributed by atoms with Crippen LogP contribution >= 0.6 is 0 Å². The largest absolute Gasteiger partial charge is 0.481 e. The highest BCUT2D eigenvalue weighted by atomic mass is 16.4. The van der Waals surface area contributed by atoms with Gasteiger partial charge in [0, 0.05) is 30.8 Å². The lowest BCUT2D eigenvalue weighted by atomic mass is 9.95. The van der Waals surface area contributed by atoms with E-state index in [0.29, 0.717) is 30.8 Å². The second-order valence-electron chi connectivity index (χ2n) is 7.86. The van der Waals surface area contributed by atoms with Crippen LogP contribution in [0.1, 0.15) is 46.0 Å². The summed E-state index contributed by atoms with van der Waals surface area (Å²) in [4.78, 5) is 35.9. The van der Waals surface area contributed by atoms with E-state index in [1.165, 1.54) is 0 Å². The number of carboxylic acids is 1. The first kappa shape index (κ1) is 24.5. The molecular formula is C27H29N3O4. The molecule has 0 unspecified atom stereocenters. The standard InChI is InChI=1S/C27H29N3O4/c1-2-24-20(14-15-25(31)32)10-6-12-22(24)18-28-26(33)21-11-7-13-23(16-21)30-27(34)29-17-19-8-4-3-5-9-19/h3-13,16H,2,14-15,17-18H2,1H3,(H,28,33)(H,31,32)(H2,29,30,34). The Bertz CT molecular complexity index is 1150. The number of carbonyl (C=O) groups is 3. The Kier molecular flexibility index (Phi) is 8.80. The third kappa shape index (κ3) is 7.20. The van der Waals surface area contributed by atoms with Gasteiger partial charge >= 0.3 is 12.0 Å². The summed E-state index contributed by atoms with van der Waals surface area (Å²) in [5, 5.41) is 17.5. The van der Waals surface area contributed by atoms with Gasteiger partial charge in [0.2, 0.25) is 0 Å². The molecule has 0 spiro atoms. The van der Waals surface area contributed by atoms with Crippen molar-refractivity contribution in [3.63, 3.8) is 0 Å². The number of urea groups is 1. The van der Waals surface area contributed by atoms with Crippen molar-refractivity contribution in [2.45, 2.75) is 39.3 Å². The van der Waals surface area contributed by atoms with Crippen molar-refractivity contribution in [3.8, 4) is 0 Å². The molecule has 3 aromatic rings. The number of aryl methyl sites for hydroxylation is 1. The summed E-state index contributed by atoms with van der Waals surface area (Å²) in [7, 11) is 0. The lowest BCUT2D eigenvalue weighted by Crippen LogP contribution is -2.28. The molecule has 0 atom stereocenters. The minimum absolute atomic E-state index is 0.0710. The molecule has 0 heterocycles. The first-order valence-electron chi connectivity index (χ1n) is 11.2. The van der Waals surface area contributed by atoms with E-state index in [2.05, 4.69) is 16.0 Å². The van der Waals surface area contributed by atoms with Gasteiger partial charge in [0.25, 0.3) is 5.91 Å². The summed E-state index contributed by atoms with van der Waals surface area (Å²) >= 11 is 0. The number of hydrogen-bond donors (Lipinski definition) is 4. The van der Waals surface area contributed by atoms with Crippen molar-refractivity contribution in [2.24, 2.45) is 0 Å². The second kappa shape index (κ2) is 12.2. The Morgan fingerprint density at radius 1 is 0.824 bits per heavy atom. The summed E-state index contributed by atoms with van der Waals surface area (Å²) in [6, 6.07) is 21.7. The van der Waals surface area contributed by atoms with E-state index in [0.717, 1.165) is 28.7 Å². The fourth-order valence-electron chi connectivity index (χ4n) is 3.75. The highest BCUT2D eigenvalue weighted by Crippen LogP contribution is 2.18. The van der Waals surface area contributed by atoms with Gasteiger partial charge < -0.3 is 21.1 Å². The summed E-state index contributed by atoms with van der Waals surface area (Å²) in [6.07, 6.45) is 1.28. The van der Waals surface area contributed by atoms with Crippen molar-refractivity contribution in [3.05, 3.63) is 101 Å². The minimum atomic E-state index is -0.831. The van der Waals surface area contributed by atoms with Crippen LogP contribution in [0.3, 0.4) is 0 Å². The van der Waals surface area contributed by atoms with Crippen molar-refractivity contribution in [1.29, 1.82) is 0 Å². The molecule has 3 amide bonds. The summed E-state index contributed by atoms with van der Waals surface area (Å²) in [6.45, 7) is 2.75. The zero-order valence-electron chi connectivity index (χ0n) is 19.1. The molecule has 0 saturated heterocycles. The van der Waals surface area contributed by atoms with Crippen LogP contribution in [0.4, 0.5) is 10.5 Å². The van der Waals surface area contributed by atoms with Crippen molar-refractivity contribution < 1.29 is 19.5 Å². The first-order valence-corrected chi connectivity index (χ1v) is 11.2. The van der Waals surface area contributed by atoms with Gasteiger partial charge in [0.05, 0.1) is 0 Å². The Morgan fingerprint density at radius 3 is 2.29 bits per heavy atom. The van der Waals surface area contributed by atoms with Gasteiger partial charge in [-0.25, -0.2) is 4.79 Å². The zero-order valence-corrected chi connectivity index (χ0v) is 19.1. The van der Waals surface area contributed by atoms with E-state index in [-0.39, 0.29) is 18.4 Å². The van der Waals surface area contributed by atoms with Gasteiger partial charge in [-0.3, -0.25) is 9.59 Å². The molecule has 0 fully saturated rings. The van der Waals surface area contributed by atoms with E-state index in [4.69, 9.17) is 5.11 Å². The molecule has 0 saturated carbocycles. The summed E-state index contributed by atoms with van der Waals surface area (Å²) < 4.78 is 0. The van der Waals surface area contributed by atoms with Crippen LogP contribution in [0.5, 0.6) is 0 Å². The molecule has 0 aromatic heterocycles. The Hall–Kier alpha value is -4.13. The lowest BCUT2D eigenvalue weighted by Gasteiger charge is -2.14. The lowest BCUT2D eigenvalue weighted by molar-refractivity contribution is -0.136. The predicted molar refractivity (Wildman–Crippen MR) is 132 cm³/mol. The number of carboxylic acid groups (broad SMARTS) is 1. The number of rotatable bonds is 10. The van der Waals surface area contributed by atoms with Crippen molar-refractivity contribution in [2.75, 3.05) is 5.32 Å². The Balaban J connectivity index is 1.58. The Labute approximate surface area is 199 Å². The highest BCUT2D eigenvalue weighted by molar-refractivity contribution is 5.96. The molecule has 3 rings (SSSR count). The third-order valence-electron chi connectivity index (χ3n) is 5.45. The Morgan fingerprint density at radius 2 is 1.56 bits per heavy atom. The smallest absolute Gasteiger partial charge is 0.319 e. The number of carbonyl (C=O) groups excluding carboxylic acids is 2. The topological polar surface area (TPSA) is 108 Å². The first-order chi connectivity index (χ1) is 16.5. The van der Waals surface area contributed by atoms with E-state index in [1.54, 1.807) is 24.3 Å². The molecule has 34 heavy (non-hydrogen) atoms. The number of aliphatic carboxylic acids is 1. The van der Waals surface area contributed by atoms with Crippen molar-refractivity contribution >= 4 is 23.6 Å². The average molecular weight is 460 g/mol. The summed E-state index contributed by atoms with van der Waals surface area (Å²) in [5.74, 6) is -1.09. The van der Waals surface area contributed by atoms with Gasteiger partial charge in [0.15, 0.2) is 0 Å². The van der Waals surface area contributed by atoms with Gasteiger partial charge in [-0.15, -0.1) is 0 Å². The van der Waals surface area contributed by atoms with E-state index in [1.807, 2.05) is 55.5 Å². The van der Waals surface area contributed by atoms with Gasteiger partial charge in [-0.2, -0.15) is 0 Å². The molecule has 4 N–H and O–H groups in total. The minimum Gasteiger partial charge on any atom is -0.481 e. The normalized spacial score (nSPS) is 10.4. The van der Waals surface area contributed by atoms with Crippen LogP contribution in [-0.2, 0) is 30.7 Å². The van der Waals surface area contributed by atoms with Gasteiger partial charge in [0.1, 0.15) is 0 Å². The molecule has 0 radical (unpaired) electrons. The number of nitrogens with one attached hydrogen (secondary N) is 3. The predicted octanol–water partition coefficient (Wildman–Crippen LogP) is 4.52. The van der Waals surface area contributed by atoms with Crippen LogP contribution in [0, 0.1) is 0 Å². The molecule has 7 heteroatoms. The van der Waals surface area contributed by atoms with Crippen LogP contribution in [-0.4, -0.2) is 23.0 Å². The van der Waals surface area contributed by atoms with E-state index < -0.39 is 5.97 Å². The van der Waals surface area contributed by atoms with Crippen LogP contribution in [0.25, 0.3) is 0 Å². The van der Waals surface area contributed by atoms with E-state index >= 15 is 0 Å². The average Bonchev–Trinajstić information content (AvgIpc) is 2.85. The SMILES string of the molecule is CCc1c(CCC(=O)O)cccc1CNC(=O)c1cccc(NC(=O)NCc2ccccc2)c1. The number of anilines is 1. The number of benzene rings is 3. The quantitative estimate of drug-likeness (QED) is 0.358.